The topological polar surface area (TPSA) is 124 Å². The SMILES string of the molecule is CC#CCOc1ccc(S(=O)(=O)N2CC3OC(C)(C)OC3[C@@H](OC)[C@@H]2C(=O)NO)cc1. The lowest BCUT2D eigenvalue weighted by Gasteiger charge is -2.42. The number of hydrogen-bond acceptors (Lipinski definition) is 8. The summed E-state index contributed by atoms with van der Waals surface area (Å²) < 4.78 is 50.4. The molecule has 11 heteroatoms. The zero-order chi connectivity index (χ0) is 22.8. The van der Waals surface area contributed by atoms with Crippen LogP contribution >= 0.6 is 0 Å². The number of rotatable bonds is 6. The summed E-state index contributed by atoms with van der Waals surface area (Å²) in [6.45, 7) is 5.10. The average Bonchev–Trinajstić information content (AvgIpc) is 3.06. The molecule has 4 atom stereocenters. The Morgan fingerprint density at radius 3 is 2.58 bits per heavy atom. The molecular formula is C20H26N2O8S. The highest BCUT2D eigenvalue weighted by Crippen LogP contribution is 2.38. The zero-order valence-electron chi connectivity index (χ0n) is 17.7. The Balaban J connectivity index is 1.95. The Hall–Kier alpha value is -2.20. The van der Waals surface area contributed by atoms with E-state index in [4.69, 9.17) is 18.9 Å². The second-order valence-electron chi connectivity index (χ2n) is 7.52. The van der Waals surface area contributed by atoms with Crippen LogP contribution in [-0.4, -0.2) is 74.2 Å². The van der Waals surface area contributed by atoms with Crippen LogP contribution in [0.2, 0.25) is 0 Å². The highest BCUT2D eigenvalue weighted by Gasteiger charge is 2.57. The molecule has 1 aromatic rings. The summed E-state index contributed by atoms with van der Waals surface area (Å²) in [6.07, 6.45) is -2.35. The first-order chi connectivity index (χ1) is 14.6. The molecule has 0 spiro atoms. The molecule has 10 nitrogen and oxygen atoms in total. The molecule has 2 fully saturated rings. The van der Waals surface area contributed by atoms with Crippen molar-refractivity contribution in [3.05, 3.63) is 24.3 Å². The Morgan fingerprint density at radius 1 is 1.32 bits per heavy atom. The molecule has 2 heterocycles. The van der Waals surface area contributed by atoms with Crippen LogP contribution in [0.1, 0.15) is 20.8 Å². The normalized spacial score (nSPS) is 27.6. The molecule has 31 heavy (non-hydrogen) atoms. The number of methoxy groups -OCH3 is 1. The van der Waals surface area contributed by atoms with Gasteiger partial charge in [-0.25, -0.2) is 13.9 Å². The Kier molecular flexibility index (Phi) is 6.90. The number of amides is 1. The molecule has 2 aliphatic rings. The van der Waals surface area contributed by atoms with Crippen molar-refractivity contribution in [2.75, 3.05) is 20.3 Å². The van der Waals surface area contributed by atoms with Crippen molar-refractivity contribution >= 4 is 15.9 Å². The number of hydroxylamine groups is 1. The number of carbonyl (C=O) groups excluding carboxylic acids is 1. The summed E-state index contributed by atoms with van der Waals surface area (Å²) in [6, 6.07) is 4.40. The molecular weight excluding hydrogens is 428 g/mol. The molecule has 0 aromatic heterocycles. The molecule has 0 aliphatic carbocycles. The van der Waals surface area contributed by atoms with E-state index in [1.807, 2.05) is 0 Å². The van der Waals surface area contributed by atoms with Gasteiger partial charge in [0.25, 0.3) is 5.91 Å². The van der Waals surface area contributed by atoms with Crippen LogP contribution < -0.4 is 10.2 Å². The van der Waals surface area contributed by atoms with E-state index < -0.39 is 46.1 Å². The largest absolute Gasteiger partial charge is 0.481 e. The number of hydrogen-bond donors (Lipinski definition) is 2. The van der Waals surface area contributed by atoms with E-state index in [2.05, 4.69) is 11.8 Å². The smallest absolute Gasteiger partial charge is 0.264 e. The Morgan fingerprint density at radius 2 is 2.00 bits per heavy atom. The van der Waals surface area contributed by atoms with Crippen molar-refractivity contribution < 1.29 is 37.4 Å². The first-order valence-electron chi connectivity index (χ1n) is 9.61. The van der Waals surface area contributed by atoms with E-state index in [9.17, 15) is 18.4 Å². The van der Waals surface area contributed by atoms with Crippen molar-refractivity contribution in [1.29, 1.82) is 0 Å². The molecule has 170 valence electrons. The van der Waals surface area contributed by atoms with Crippen molar-refractivity contribution in [3.63, 3.8) is 0 Å². The third kappa shape index (κ3) is 4.69. The van der Waals surface area contributed by atoms with Gasteiger partial charge in [0.2, 0.25) is 10.0 Å². The summed E-state index contributed by atoms with van der Waals surface area (Å²) in [5.74, 6) is 4.00. The predicted molar refractivity (Wildman–Crippen MR) is 108 cm³/mol. The van der Waals surface area contributed by atoms with Gasteiger partial charge in [-0.05, 0) is 45.0 Å². The van der Waals surface area contributed by atoms with Crippen LogP contribution in [0.4, 0.5) is 0 Å². The van der Waals surface area contributed by atoms with Crippen LogP contribution in [-0.2, 0) is 29.0 Å². The summed E-state index contributed by atoms with van der Waals surface area (Å²) in [5, 5.41) is 9.26. The Bertz CT molecular complexity index is 967. The van der Waals surface area contributed by atoms with Crippen molar-refractivity contribution in [2.45, 2.75) is 55.8 Å². The van der Waals surface area contributed by atoms with E-state index in [0.29, 0.717) is 5.75 Å². The van der Waals surface area contributed by atoms with Crippen LogP contribution in [0, 0.1) is 11.8 Å². The quantitative estimate of drug-likeness (QED) is 0.362. The van der Waals surface area contributed by atoms with E-state index in [0.717, 1.165) is 4.31 Å². The van der Waals surface area contributed by atoms with Gasteiger partial charge in [0, 0.05) is 13.7 Å². The van der Waals surface area contributed by atoms with Gasteiger partial charge in [-0.1, -0.05) is 5.92 Å². The number of fused-ring (bicyclic) bond motifs is 1. The number of carbonyl (C=O) groups is 1. The van der Waals surface area contributed by atoms with Gasteiger partial charge < -0.3 is 18.9 Å². The fourth-order valence-electron chi connectivity index (χ4n) is 3.81. The molecule has 3 rings (SSSR count). The Labute approximate surface area is 181 Å². The summed E-state index contributed by atoms with van der Waals surface area (Å²) in [4.78, 5) is 12.4. The third-order valence-electron chi connectivity index (χ3n) is 5.10. The molecule has 2 saturated heterocycles. The minimum absolute atomic E-state index is 0.0522. The fourth-order valence-corrected chi connectivity index (χ4v) is 5.42. The van der Waals surface area contributed by atoms with Crippen molar-refractivity contribution in [1.82, 2.24) is 9.79 Å². The van der Waals surface area contributed by atoms with Crippen LogP contribution in [0.3, 0.4) is 0 Å². The second kappa shape index (κ2) is 9.12. The zero-order valence-corrected chi connectivity index (χ0v) is 18.5. The minimum Gasteiger partial charge on any atom is -0.481 e. The molecule has 2 aliphatic heterocycles. The third-order valence-corrected chi connectivity index (χ3v) is 6.96. The van der Waals surface area contributed by atoms with Gasteiger partial charge in [-0.15, -0.1) is 5.92 Å². The maximum Gasteiger partial charge on any atom is 0.264 e. The lowest BCUT2D eigenvalue weighted by molar-refractivity contribution is -0.162. The predicted octanol–water partition coefficient (Wildman–Crippen LogP) is 0.502. The first-order valence-corrected chi connectivity index (χ1v) is 11.1. The van der Waals surface area contributed by atoms with Gasteiger partial charge in [0.15, 0.2) is 5.79 Å². The standard InChI is InChI=1S/C20H26N2O8S/c1-5-6-11-28-13-7-9-14(10-8-13)31(25,26)22-12-15-17(30-20(2,3)29-15)18(27-4)16(22)19(23)21-24/h7-10,15-18,24H,11-12H2,1-4H3,(H,21,23)/t15?,16-,17?,18+/m1/s1. The maximum absolute atomic E-state index is 13.5. The summed E-state index contributed by atoms with van der Waals surface area (Å²) >= 11 is 0. The monoisotopic (exact) mass is 454 g/mol. The summed E-state index contributed by atoms with van der Waals surface area (Å²) in [5.41, 5.74) is 1.54. The number of ether oxygens (including phenoxy) is 4. The molecule has 1 aromatic carbocycles. The van der Waals surface area contributed by atoms with E-state index >= 15 is 0 Å². The fraction of sp³-hybridized carbons (Fsp3) is 0.550. The van der Waals surface area contributed by atoms with Gasteiger partial charge in [-0.2, -0.15) is 4.31 Å². The molecule has 0 bridgehead atoms. The molecule has 0 saturated carbocycles. The van der Waals surface area contributed by atoms with Crippen LogP contribution in [0.5, 0.6) is 5.75 Å². The molecule has 2 N–H and O–H groups in total. The minimum atomic E-state index is -4.16. The van der Waals surface area contributed by atoms with Gasteiger partial charge >= 0.3 is 0 Å². The van der Waals surface area contributed by atoms with Gasteiger partial charge in [-0.3, -0.25) is 10.0 Å². The number of nitrogens with one attached hydrogen (secondary N) is 1. The second-order valence-corrected chi connectivity index (χ2v) is 9.41. The lowest BCUT2D eigenvalue weighted by atomic mass is 9.95. The van der Waals surface area contributed by atoms with Crippen LogP contribution in [0.25, 0.3) is 0 Å². The van der Waals surface area contributed by atoms with Crippen molar-refractivity contribution in [3.8, 4) is 17.6 Å². The van der Waals surface area contributed by atoms with Gasteiger partial charge in [0.1, 0.15) is 36.7 Å². The number of nitrogens with zero attached hydrogens (tertiary/aromatic N) is 1. The van der Waals surface area contributed by atoms with Gasteiger partial charge in [0.05, 0.1) is 4.90 Å². The highest BCUT2D eigenvalue weighted by atomic mass is 32.2. The number of piperidine rings is 1. The lowest BCUT2D eigenvalue weighted by Crippen LogP contribution is -2.66. The maximum atomic E-state index is 13.5. The van der Waals surface area contributed by atoms with E-state index in [-0.39, 0.29) is 18.0 Å². The number of sulfonamides is 1. The molecule has 1 amide bonds. The van der Waals surface area contributed by atoms with Crippen LogP contribution in [0.15, 0.2) is 29.2 Å². The highest BCUT2D eigenvalue weighted by molar-refractivity contribution is 7.89. The van der Waals surface area contributed by atoms with E-state index in [1.54, 1.807) is 20.8 Å². The molecule has 2 unspecified atom stereocenters. The molecule has 0 radical (unpaired) electrons. The van der Waals surface area contributed by atoms with E-state index in [1.165, 1.54) is 36.9 Å². The average molecular weight is 455 g/mol. The summed E-state index contributed by atoms with van der Waals surface area (Å²) in [7, 11) is -2.82. The number of benzene rings is 1. The van der Waals surface area contributed by atoms with Crippen molar-refractivity contribution in [2.24, 2.45) is 0 Å². The first kappa shape index (κ1) is 23.5.